The molecule has 2 aromatic rings. The van der Waals surface area contributed by atoms with Gasteiger partial charge in [-0.15, -0.1) is 0 Å². The second-order valence-electron chi connectivity index (χ2n) is 5.87. The quantitative estimate of drug-likeness (QED) is 0.349. The second kappa shape index (κ2) is 6.58. The van der Waals surface area contributed by atoms with Crippen LogP contribution in [0.25, 0.3) is 10.9 Å². The Hall–Kier alpha value is -3.23. The minimum atomic E-state index is -1.72. The van der Waals surface area contributed by atoms with Gasteiger partial charge in [0.15, 0.2) is 5.92 Å². The topological polar surface area (TPSA) is 118 Å². The number of para-hydroxylation sites is 1. The Kier molecular flexibility index (Phi) is 4.45. The molecule has 0 atom stereocenters. The lowest BCUT2D eigenvalue weighted by Crippen LogP contribution is -2.32. The summed E-state index contributed by atoms with van der Waals surface area (Å²) in [6.07, 6.45) is 1.36. The zero-order valence-electron chi connectivity index (χ0n) is 14.2. The van der Waals surface area contributed by atoms with E-state index in [-0.39, 0.29) is 5.56 Å². The van der Waals surface area contributed by atoms with Crippen LogP contribution in [0.4, 0.5) is 5.69 Å². The molecule has 9 nitrogen and oxygen atoms in total. The van der Waals surface area contributed by atoms with Gasteiger partial charge in [0.25, 0.3) is 0 Å². The average molecular weight is 360 g/mol. The van der Waals surface area contributed by atoms with Crippen LogP contribution in [0.2, 0.25) is 0 Å². The number of hydrogen-bond donors (Lipinski definition) is 0. The first-order valence-corrected chi connectivity index (χ1v) is 7.90. The molecule has 2 heterocycles. The number of nitro groups is 1. The van der Waals surface area contributed by atoms with E-state index in [1.165, 1.54) is 4.57 Å². The average Bonchev–Trinajstić information content (AvgIpc) is 2.64. The molecule has 0 aliphatic carbocycles. The standard InChI is InChI=1S/C17H16N2O7/c1-25-16(21)12(17(22)26-2)11-10-7-3-5-9-6-4-8-18(13(9)10)15(20)14(11)19(23)24/h3,5,7,12H,4,6,8H2,1-2H3. The van der Waals surface area contributed by atoms with Crippen LogP contribution in [0.15, 0.2) is 23.0 Å². The van der Waals surface area contributed by atoms with Gasteiger partial charge in [0.2, 0.25) is 0 Å². The van der Waals surface area contributed by atoms with Gasteiger partial charge in [-0.25, -0.2) is 0 Å². The van der Waals surface area contributed by atoms with E-state index in [4.69, 9.17) is 0 Å². The van der Waals surface area contributed by atoms with Crippen molar-refractivity contribution in [2.24, 2.45) is 0 Å². The molecular formula is C17H16N2O7. The normalized spacial score (nSPS) is 12.9. The summed E-state index contributed by atoms with van der Waals surface area (Å²) in [5, 5.41) is 12.0. The number of rotatable bonds is 4. The molecule has 26 heavy (non-hydrogen) atoms. The Morgan fingerprint density at radius 1 is 1.23 bits per heavy atom. The minimum absolute atomic E-state index is 0.284. The minimum Gasteiger partial charge on any atom is -0.468 e. The van der Waals surface area contributed by atoms with Crippen molar-refractivity contribution in [3.8, 4) is 0 Å². The highest BCUT2D eigenvalue weighted by atomic mass is 16.6. The summed E-state index contributed by atoms with van der Waals surface area (Å²) in [4.78, 5) is 48.1. The lowest BCUT2D eigenvalue weighted by Gasteiger charge is -2.22. The van der Waals surface area contributed by atoms with Crippen molar-refractivity contribution in [3.63, 3.8) is 0 Å². The maximum absolute atomic E-state index is 12.8. The third-order valence-corrected chi connectivity index (χ3v) is 4.56. The molecule has 0 spiro atoms. The van der Waals surface area contributed by atoms with Crippen LogP contribution in [0, 0.1) is 10.1 Å². The number of methoxy groups -OCH3 is 2. The van der Waals surface area contributed by atoms with Gasteiger partial charge in [-0.05, 0) is 18.4 Å². The fourth-order valence-electron chi connectivity index (χ4n) is 3.48. The van der Waals surface area contributed by atoms with Gasteiger partial charge in [0.05, 0.1) is 30.2 Å². The molecule has 0 radical (unpaired) electrons. The van der Waals surface area contributed by atoms with Gasteiger partial charge in [-0.3, -0.25) is 24.5 Å². The molecule has 1 aromatic heterocycles. The number of aromatic nitrogens is 1. The molecule has 0 saturated carbocycles. The third kappa shape index (κ3) is 2.52. The smallest absolute Gasteiger partial charge is 0.339 e. The van der Waals surface area contributed by atoms with E-state index in [1.807, 2.05) is 6.07 Å². The number of aryl methyl sites for hydroxylation is 2. The first-order valence-electron chi connectivity index (χ1n) is 7.90. The van der Waals surface area contributed by atoms with Crippen LogP contribution in [0.3, 0.4) is 0 Å². The second-order valence-corrected chi connectivity index (χ2v) is 5.87. The van der Waals surface area contributed by atoms with Crippen molar-refractivity contribution in [2.75, 3.05) is 14.2 Å². The van der Waals surface area contributed by atoms with Crippen LogP contribution in [-0.4, -0.2) is 35.6 Å². The number of nitrogens with zero attached hydrogens (tertiary/aromatic N) is 2. The Morgan fingerprint density at radius 3 is 2.46 bits per heavy atom. The zero-order chi connectivity index (χ0) is 19.0. The first-order chi connectivity index (χ1) is 12.4. The van der Waals surface area contributed by atoms with Gasteiger partial charge in [0.1, 0.15) is 0 Å². The van der Waals surface area contributed by atoms with Gasteiger partial charge >= 0.3 is 23.2 Å². The van der Waals surface area contributed by atoms with Gasteiger partial charge in [-0.1, -0.05) is 18.2 Å². The van der Waals surface area contributed by atoms with Crippen molar-refractivity contribution in [3.05, 3.63) is 49.8 Å². The fraction of sp³-hybridized carbons (Fsp3) is 0.353. The monoisotopic (exact) mass is 360 g/mol. The van der Waals surface area contributed by atoms with Crippen molar-refractivity contribution >= 4 is 28.5 Å². The maximum Gasteiger partial charge on any atom is 0.339 e. The summed E-state index contributed by atoms with van der Waals surface area (Å²) in [5.74, 6) is -3.77. The van der Waals surface area contributed by atoms with E-state index in [1.54, 1.807) is 12.1 Å². The molecular weight excluding hydrogens is 344 g/mol. The molecule has 0 fully saturated rings. The van der Waals surface area contributed by atoms with Crippen molar-refractivity contribution in [2.45, 2.75) is 25.3 Å². The molecule has 136 valence electrons. The van der Waals surface area contributed by atoms with Crippen LogP contribution in [0.5, 0.6) is 0 Å². The fourth-order valence-corrected chi connectivity index (χ4v) is 3.48. The Morgan fingerprint density at radius 2 is 1.88 bits per heavy atom. The number of hydrogen-bond acceptors (Lipinski definition) is 7. The molecule has 3 rings (SSSR count). The number of benzene rings is 1. The number of carbonyl (C=O) groups excluding carboxylic acids is 2. The van der Waals surface area contributed by atoms with Crippen LogP contribution in [-0.2, 0) is 32.0 Å². The molecule has 0 bridgehead atoms. The third-order valence-electron chi connectivity index (χ3n) is 4.56. The summed E-state index contributed by atoms with van der Waals surface area (Å²) >= 11 is 0. The lowest BCUT2D eigenvalue weighted by atomic mass is 9.90. The van der Waals surface area contributed by atoms with Crippen LogP contribution < -0.4 is 5.56 Å². The Labute approximate surface area is 147 Å². The predicted octanol–water partition coefficient (Wildman–Crippen LogP) is 1.29. The lowest BCUT2D eigenvalue weighted by molar-refractivity contribution is -0.387. The molecule has 1 aliphatic rings. The molecule has 1 aliphatic heterocycles. The first kappa shape index (κ1) is 17.6. The number of carbonyl (C=O) groups is 2. The zero-order valence-corrected chi connectivity index (χ0v) is 14.2. The number of ether oxygens (including phenoxy) is 2. The van der Waals surface area contributed by atoms with Crippen molar-refractivity contribution in [1.82, 2.24) is 4.57 Å². The molecule has 0 amide bonds. The largest absolute Gasteiger partial charge is 0.468 e. The van der Waals surface area contributed by atoms with E-state index in [0.29, 0.717) is 30.3 Å². The molecule has 0 unspecified atom stereocenters. The maximum atomic E-state index is 12.8. The highest BCUT2D eigenvalue weighted by Gasteiger charge is 2.41. The van der Waals surface area contributed by atoms with Crippen LogP contribution >= 0.6 is 0 Å². The van der Waals surface area contributed by atoms with E-state index >= 15 is 0 Å². The number of pyridine rings is 1. The summed E-state index contributed by atoms with van der Waals surface area (Å²) in [5.41, 5.74) is -0.605. The summed E-state index contributed by atoms with van der Waals surface area (Å²) < 4.78 is 10.6. The van der Waals surface area contributed by atoms with Crippen LogP contribution in [0.1, 0.15) is 23.5 Å². The Balaban J connectivity index is 2.52. The molecule has 1 aromatic carbocycles. The molecule has 9 heteroatoms. The highest BCUT2D eigenvalue weighted by Crippen LogP contribution is 2.36. The van der Waals surface area contributed by atoms with Crippen molar-refractivity contribution in [1.29, 1.82) is 0 Å². The van der Waals surface area contributed by atoms with Gasteiger partial charge in [0, 0.05) is 11.9 Å². The Bertz CT molecular complexity index is 977. The summed E-state index contributed by atoms with van der Waals surface area (Å²) in [6, 6.07) is 5.05. The van der Waals surface area contributed by atoms with Gasteiger partial charge in [-0.2, -0.15) is 0 Å². The number of esters is 2. The SMILES string of the molecule is COC(=O)C(C(=O)OC)c1c([N+](=O)[O-])c(=O)n2c3c(cccc13)CCC2. The summed E-state index contributed by atoms with van der Waals surface area (Å²) in [6.45, 7) is 0.328. The van der Waals surface area contributed by atoms with E-state index in [9.17, 15) is 24.5 Å². The van der Waals surface area contributed by atoms with E-state index in [0.717, 1.165) is 19.8 Å². The van der Waals surface area contributed by atoms with E-state index < -0.39 is 34.0 Å². The molecule has 0 N–H and O–H groups in total. The highest BCUT2D eigenvalue weighted by molar-refractivity contribution is 6.06. The van der Waals surface area contributed by atoms with E-state index in [2.05, 4.69) is 9.47 Å². The van der Waals surface area contributed by atoms with Crippen molar-refractivity contribution < 1.29 is 24.0 Å². The van der Waals surface area contributed by atoms with Gasteiger partial charge < -0.3 is 14.0 Å². The summed E-state index contributed by atoms with van der Waals surface area (Å²) in [7, 11) is 2.12. The molecule has 0 saturated heterocycles. The predicted molar refractivity (Wildman–Crippen MR) is 90.0 cm³/mol.